The summed E-state index contributed by atoms with van der Waals surface area (Å²) in [5.41, 5.74) is 2.15. The summed E-state index contributed by atoms with van der Waals surface area (Å²) in [6.07, 6.45) is 0. The van der Waals surface area contributed by atoms with Crippen molar-refractivity contribution in [3.63, 3.8) is 0 Å². The Bertz CT molecular complexity index is 594. The van der Waals surface area contributed by atoms with E-state index < -0.39 is 0 Å². The van der Waals surface area contributed by atoms with Crippen LogP contribution in [0.3, 0.4) is 0 Å². The second-order valence-electron chi connectivity index (χ2n) is 4.13. The quantitative estimate of drug-likeness (QED) is 0.879. The summed E-state index contributed by atoms with van der Waals surface area (Å²) in [5.74, 6) is -0.188. The Morgan fingerprint density at radius 2 is 2.05 bits per heavy atom. The molecule has 0 aliphatic carbocycles. The summed E-state index contributed by atoms with van der Waals surface area (Å²) in [4.78, 5) is 16.0. The molecule has 0 atom stereocenters. The molecule has 1 aromatic heterocycles. The normalized spacial score (nSPS) is 10.3. The number of hydrogen-bond acceptors (Lipinski definition) is 2. The monoisotopic (exact) mass is 294 g/mol. The summed E-state index contributed by atoms with van der Waals surface area (Å²) in [6, 6.07) is 10.6. The maximum Gasteiger partial charge on any atom is 0.251 e. The summed E-state index contributed by atoms with van der Waals surface area (Å²) in [7, 11) is 0. The zero-order valence-electron chi connectivity index (χ0n) is 10.3. The van der Waals surface area contributed by atoms with Crippen molar-refractivity contribution >= 4 is 29.1 Å². The number of aromatic nitrogens is 1. The molecule has 0 saturated carbocycles. The Morgan fingerprint density at radius 3 is 2.74 bits per heavy atom. The Morgan fingerprint density at radius 1 is 1.26 bits per heavy atom. The van der Waals surface area contributed by atoms with Crippen LogP contribution in [0.5, 0.6) is 0 Å². The number of carbonyl (C=O) groups is 1. The van der Waals surface area contributed by atoms with E-state index in [4.69, 9.17) is 23.2 Å². The highest BCUT2D eigenvalue weighted by atomic mass is 35.5. The van der Waals surface area contributed by atoms with Gasteiger partial charge in [-0.3, -0.25) is 4.79 Å². The number of rotatable bonds is 3. The Hall–Kier alpha value is -1.58. The van der Waals surface area contributed by atoms with Gasteiger partial charge in [-0.2, -0.15) is 0 Å². The molecular formula is C14H12Cl2N2O. The molecule has 3 nitrogen and oxygen atoms in total. The fourth-order valence-corrected chi connectivity index (χ4v) is 2.15. The fourth-order valence-electron chi connectivity index (χ4n) is 1.69. The number of nitrogens with zero attached hydrogens (tertiary/aromatic N) is 1. The van der Waals surface area contributed by atoms with Crippen LogP contribution in [0.2, 0.25) is 10.2 Å². The Balaban J connectivity index is 2.05. The van der Waals surface area contributed by atoms with Crippen LogP contribution < -0.4 is 5.32 Å². The summed E-state index contributed by atoms with van der Waals surface area (Å²) < 4.78 is 0. The van der Waals surface area contributed by atoms with Crippen molar-refractivity contribution in [1.29, 1.82) is 0 Å². The SMILES string of the molecule is Cc1cc(C(=O)NCc2cccc(Cl)c2)cc(Cl)n1. The number of carbonyl (C=O) groups excluding carboxylic acids is 1. The van der Waals surface area contributed by atoms with Gasteiger partial charge in [-0.25, -0.2) is 4.98 Å². The maximum absolute atomic E-state index is 12.0. The van der Waals surface area contributed by atoms with Gasteiger partial charge in [0.05, 0.1) is 0 Å². The predicted octanol–water partition coefficient (Wildman–Crippen LogP) is 3.63. The average Bonchev–Trinajstić information content (AvgIpc) is 2.35. The molecule has 1 aromatic carbocycles. The second kappa shape index (κ2) is 6.04. The van der Waals surface area contributed by atoms with Gasteiger partial charge >= 0.3 is 0 Å². The van der Waals surface area contributed by atoms with E-state index in [0.717, 1.165) is 5.56 Å². The number of pyridine rings is 1. The van der Waals surface area contributed by atoms with E-state index in [9.17, 15) is 4.79 Å². The van der Waals surface area contributed by atoms with Crippen LogP contribution in [0, 0.1) is 6.92 Å². The molecule has 0 fully saturated rings. The number of hydrogen-bond donors (Lipinski definition) is 1. The number of benzene rings is 1. The van der Waals surface area contributed by atoms with Gasteiger partial charge < -0.3 is 5.32 Å². The van der Waals surface area contributed by atoms with Crippen LogP contribution in [0.4, 0.5) is 0 Å². The standard InChI is InChI=1S/C14H12Cl2N2O/c1-9-5-11(7-13(16)18-9)14(19)17-8-10-3-2-4-12(15)6-10/h2-7H,8H2,1H3,(H,17,19). The van der Waals surface area contributed by atoms with E-state index in [1.54, 1.807) is 25.1 Å². The third-order valence-corrected chi connectivity index (χ3v) is 2.96. The molecule has 0 bridgehead atoms. The Labute approximate surface area is 121 Å². The van der Waals surface area contributed by atoms with Gasteiger partial charge in [0.15, 0.2) is 0 Å². The molecule has 1 N–H and O–H groups in total. The van der Waals surface area contributed by atoms with Crippen molar-refractivity contribution in [2.45, 2.75) is 13.5 Å². The summed E-state index contributed by atoms with van der Waals surface area (Å²) in [6.45, 7) is 2.21. The first-order valence-electron chi connectivity index (χ1n) is 5.71. The largest absolute Gasteiger partial charge is 0.348 e. The van der Waals surface area contributed by atoms with Gasteiger partial charge in [-0.15, -0.1) is 0 Å². The number of nitrogens with one attached hydrogen (secondary N) is 1. The molecule has 0 unspecified atom stereocenters. The van der Waals surface area contributed by atoms with E-state index >= 15 is 0 Å². The highest BCUT2D eigenvalue weighted by molar-refractivity contribution is 6.30. The van der Waals surface area contributed by atoms with Crippen LogP contribution >= 0.6 is 23.2 Å². The zero-order valence-corrected chi connectivity index (χ0v) is 11.8. The molecule has 0 aliphatic heterocycles. The minimum Gasteiger partial charge on any atom is -0.348 e. The van der Waals surface area contributed by atoms with Gasteiger partial charge in [-0.05, 0) is 36.8 Å². The van der Waals surface area contributed by atoms with Crippen molar-refractivity contribution in [2.24, 2.45) is 0 Å². The molecule has 2 rings (SSSR count). The topological polar surface area (TPSA) is 42.0 Å². The van der Waals surface area contributed by atoms with Crippen molar-refractivity contribution in [1.82, 2.24) is 10.3 Å². The molecule has 98 valence electrons. The van der Waals surface area contributed by atoms with Crippen LogP contribution in [0.1, 0.15) is 21.6 Å². The van der Waals surface area contributed by atoms with Crippen LogP contribution in [0.25, 0.3) is 0 Å². The van der Waals surface area contributed by atoms with Crippen molar-refractivity contribution in [3.8, 4) is 0 Å². The molecule has 5 heteroatoms. The van der Waals surface area contributed by atoms with Crippen molar-refractivity contribution in [3.05, 3.63) is 63.4 Å². The lowest BCUT2D eigenvalue weighted by molar-refractivity contribution is 0.0950. The number of halogens is 2. The first kappa shape index (κ1) is 13.8. The number of amides is 1. The maximum atomic E-state index is 12.0. The molecule has 1 heterocycles. The third kappa shape index (κ3) is 3.94. The van der Waals surface area contributed by atoms with Crippen molar-refractivity contribution in [2.75, 3.05) is 0 Å². The summed E-state index contributed by atoms with van der Waals surface area (Å²) in [5, 5.41) is 3.77. The molecule has 1 amide bonds. The average molecular weight is 295 g/mol. The second-order valence-corrected chi connectivity index (χ2v) is 4.96. The van der Waals surface area contributed by atoms with Crippen molar-refractivity contribution < 1.29 is 4.79 Å². The van der Waals surface area contributed by atoms with E-state index in [1.165, 1.54) is 0 Å². The minimum atomic E-state index is -0.188. The molecule has 0 saturated heterocycles. The summed E-state index contributed by atoms with van der Waals surface area (Å²) >= 11 is 11.7. The van der Waals surface area contributed by atoms with Gasteiger partial charge in [0.2, 0.25) is 0 Å². The molecular weight excluding hydrogens is 283 g/mol. The lowest BCUT2D eigenvalue weighted by Gasteiger charge is -2.06. The highest BCUT2D eigenvalue weighted by Crippen LogP contribution is 2.12. The first-order valence-corrected chi connectivity index (χ1v) is 6.47. The predicted molar refractivity (Wildman–Crippen MR) is 76.6 cm³/mol. The lowest BCUT2D eigenvalue weighted by atomic mass is 10.2. The molecule has 2 aromatic rings. The van der Waals surface area contributed by atoms with E-state index in [1.807, 2.05) is 18.2 Å². The van der Waals surface area contributed by atoms with Gasteiger partial charge in [0.25, 0.3) is 5.91 Å². The molecule has 0 aliphatic rings. The number of aryl methyl sites for hydroxylation is 1. The third-order valence-electron chi connectivity index (χ3n) is 2.53. The molecule has 19 heavy (non-hydrogen) atoms. The van der Waals surface area contributed by atoms with Crippen LogP contribution in [-0.2, 0) is 6.54 Å². The van der Waals surface area contributed by atoms with E-state index in [0.29, 0.717) is 28.0 Å². The van der Waals surface area contributed by atoms with Crippen LogP contribution in [-0.4, -0.2) is 10.9 Å². The minimum absolute atomic E-state index is 0.188. The van der Waals surface area contributed by atoms with E-state index in [-0.39, 0.29) is 5.91 Å². The van der Waals surface area contributed by atoms with Crippen LogP contribution in [0.15, 0.2) is 36.4 Å². The highest BCUT2D eigenvalue weighted by Gasteiger charge is 2.07. The Kier molecular flexibility index (Phi) is 4.40. The van der Waals surface area contributed by atoms with Gasteiger partial charge in [-0.1, -0.05) is 35.3 Å². The smallest absolute Gasteiger partial charge is 0.251 e. The van der Waals surface area contributed by atoms with Gasteiger partial charge in [0, 0.05) is 22.8 Å². The molecule has 0 radical (unpaired) electrons. The fraction of sp³-hybridized carbons (Fsp3) is 0.143. The van der Waals surface area contributed by atoms with Gasteiger partial charge in [0.1, 0.15) is 5.15 Å². The molecule has 0 spiro atoms. The zero-order chi connectivity index (χ0) is 13.8. The van der Waals surface area contributed by atoms with E-state index in [2.05, 4.69) is 10.3 Å². The first-order chi connectivity index (χ1) is 9.04. The lowest BCUT2D eigenvalue weighted by Crippen LogP contribution is -2.23.